The Bertz CT molecular complexity index is 1520. The zero-order chi connectivity index (χ0) is 31.3. The molecule has 0 unspecified atom stereocenters. The molecule has 0 saturated carbocycles. The first-order valence-corrected chi connectivity index (χ1v) is 14.3. The fourth-order valence-electron chi connectivity index (χ4n) is 4.74. The van der Waals surface area contributed by atoms with Crippen LogP contribution in [-0.4, -0.2) is 50.0 Å². The van der Waals surface area contributed by atoms with E-state index in [1.807, 2.05) is 60.7 Å². The zero-order valence-corrected chi connectivity index (χ0v) is 24.8. The average Bonchev–Trinajstić information content (AvgIpc) is 3.04. The second-order valence-electron chi connectivity index (χ2n) is 10.3. The summed E-state index contributed by atoms with van der Waals surface area (Å²) in [6.07, 6.45) is -0.495. The maximum Gasteiger partial charge on any atom is 0.408 e. The van der Waals surface area contributed by atoms with Crippen LogP contribution in [0.15, 0.2) is 97.1 Å². The minimum absolute atomic E-state index is 0.00558. The van der Waals surface area contributed by atoms with E-state index in [2.05, 4.69) is 10.6 Å². The van der Waals surface area contributed by atoms with Crippen LogP contribution in [0.5, 0.6) is 5.75 Å². The molecule has 4 rings (SSSR count). The van der Waals surface area contributed by atoms with Gasteiger partial charge in [0.25, 0.3) is 0 Å². The van der Waals surface area contributed by atoms with Gasteiger partial charge in [-0.1, -0.05) is 72.8 Å². The van der Waals surface area contributed by atoms with Gasteiger partial charge in [0.05, 0.1) is 6.61 Å². The SMILES string of the molecule is CN[C@H](COC)Cc1cc(-c2ccc(OCc3ccccc3)c(C[C@H](NC(=O)OCc3ccccc3)C(=O)O)c2)ccc1F. The summed E-state index contributed by atoms with van der Waals surface area (Å²) in [7, 11) is 3.40. The topological polar surface area (TPSA) is 106 Å². The Morgan fingerprint density at radius 1 is 0.818 bits per heavy atom. The molecule has 0 spiro atoms. The summed E-state index contributed by atoms with van der Waals surface area (Å²) < 4.78 is 31.4. The van der Waals surface area contributed by atoms with Gasteiger partial charge in [-0.15, -0.1) is 0 Å². The Labute approximate surface area is 256 Å². The fraction of sp³-hybridized carbons (Fsp3) is 0.257. The van der Waals surface area contributed by atoms with Crippen molar-refractivity contribution in [1.29, 1.82) is 0 Å². The quantitative estimate of drug-likeness (QED) is 0.159. The first kappa shape index (κ1) is 32.2. The van der Waals surface area contributed by atoms with E-state index in [1.54, 1.807) is 44.5 Å². The lowest BCUT2D eigenvalue weighted by Gasteiger charge is -2.19. The Hall–Kier alpha value is -4.73. The number of methoxy groups -OCH3 is 1. The van der Waals surface area contributed by atoms with E-state index < -0.39 is 18.1 Å². The maximum atomic E-state index is 14.8. The number of carbonyl (C=O) groups is 2. The van der Waals surface area contributed by atoms with Crippen LogP contribution in [-0.2, 0) is 40.3 Å². The van der Waals surface area contributed by atoms with E-state index in [0.717, 1.165) is 22.3 Å². The maximum absolute atomic E-state index is 14.8. The van der Waals surface area contributed by atoms with Gasteiger partial charge >= 0.3 is 12.1 Å². The molecule has 230 valence electrons. The Morgan fingerprint density at radius 2 is 1.43 bits per heavy atom. The monoisotopic (exact) mass is 600 g/mol. The summed E-state index contributed by atoms with van der Waals surface area (Å²) in [4.78, 5) is 24.8. The number of carboxylic acids is 1. The predicted molar refractivity (Wildman–Crippen MR) is 166 cm³/mol. The van der Waals surface area contributed by atoms with Gasteiger partial charge in [0.1, 0.15) is 30.8 Å². The molecule has 0 aliphatic rings. The van der Waals surface area contributed by atoms with Gasteiger partial charge < -0.3 is 30.0 Å². The number of nitrogens with one attached hydrogen (secondary N) is 2. The highest BCUT2D eigenvalue weighted by molar-refractivity contribution is 5.80. The lowest BCUT2D eigenvalue weighted by atomic mass is 9.95. The molecule has 3 N–H and O–H groups in total. The number of rotatable bonds is 15. The molecule has 8 nitrogen and oxygen atoms in total. The number of alkyl carbamates (subject to hydrolysis) is 1. The number of amides is 1. The van der Waals surface area contributed by atoms with Crippen molar-refractivity contribution < 1.29 is 33.3 Å². The van der Waals surface area contributed by atoms with Gasteiger partial charge in [-0.05, 0) is 71.1 Å². The first-order chi connectivity index (χ1) is 21.4. The summed E-state index contributed by atoms with van der Waals surface area (Å²) in [6.45, 7) is 0.698. The molecule has 0 radical (unpaired) electrons. The van der Waals surface area contributed by atoms with Crippen molar-refractivity contribution >= 4 is 12.1 Å². The molecule has 1 amide bonds. The lowest BCUT2D eigenvalue weighted by Crippen LogP contribution is -2.42. The van der Waals surface area contributed by atoms with Crippen LogP contribution in [0, 0.1) is 5.82 Å². The molecule has 0 bridgehead atoms. The third kappa shape index (κ3) is 9.39. The van der Waals surface area contributed by atoms with Gasteiger partial charge in [-0.25, -0.2) is 14.0 Å². The summed E-state index contributed by atoms with van der Waals surface area (Å²) in [5.41, 5.74) is 4.31. The highest BCUT2D eigenvalue weighted by Gasteiger charge is 2.24. The van der Waals surface area contributed by atoms with E-state index in [9.17, 15) is 19.1 Å². The number of carbonyl (C=O) groups excluding carboxylic acids is 1. The number of halogens is 1. The average molecular weight is 601 g/mol. The molecule has 2 atom stereocenters. The Morgan fingerprint density at radius 3 is 2.05 bits per heavy atom. The van der Waals surface area contributed by atoms with Crippen LogP contribution < -0.4 is 15.4 Å². The molecule has 4 aromatic rings. The van der Waals surface area contributed by atoms with Crippen LogP contribution in [0.3, 0.4) is 0 Å². The number of aliphatic carboxylic acids is 1. The van der Waals surface area contributed by atoms with Crippen LogP contribution in [0.1, 0.15) is 22.3 Å². The number of benzene rings is 4. The third-order valence-electron chi connectivity index (χ3n) is 7.15. The van der Waals surface area contributed by atoms with Crippen molar-refractivity contribution in [2.45, 2.75) is 38.1 Å². The van der Waals surface area contributed by atoms with Crippen LogP contribution in [0.4, 0.5) is 9.18 Å². The molecular formula is C35H37FN2O6. The van der Waals surface area contributed by atoms with Crippen molar-refractivity contribution in [3.8, 4) is 16.9 Å². The van der Waals surface area contributed by atoms with E-state index in [-0.39, 0.29) is 31.5 Å². The lowest BCUT2D eigenvalue weighted by molar-refractivity contribution is -0.139. The molecule has 0 aromatic heterocycles. The van der Waals surface area contributed by atoms with Crippen LogP contribution in [0.25, 0.3) is 11.1 Å². The smallest absolute Gasteiger partial charge is 0.408 e. The number of ether oxygens (including phenoxy) is 3. The number of carboxylic acid groups (broad SMARTS) is 1. The highest BCUT2D eigenvalue weighted by Crippen LogP contribution is 2.30. The Kier molecular flexibility index (Phi) is 11.9. The molecule has 9 heteroatoms. The number of hydrogen-bond acceptors (Lipinski definition) is 6. The highest BCUT2D eigenvalue weighted by atomic mass is 19.1. The van der Waals surface area contributed by atoms with Crippen LogP contribution in [0.2, 0.25) is 0 Å². The molecular weight excluding hydrogens is 563 g/mol. The molecule has 0 aliphatic carbocycles. The number of likely N-dealkylation sites (N-methyl/N-ethyl adjacent to an activating group) is 1. The summed E-state index contributed by atoms with van der Waals surface area (Å²) in [5.74, 6) is -1.07. The first-order valence-electron chi connectivity index (χ1n) is 14.3. The second kappa shape index (κ2) is 16.2. The predicted octanol–water partition coefficient (Wildman–Crippen LogP) is 5.77. The molecule has 0 heterocycles. The summed E-state index contributed by atoms with van der Waals surface area (Å²) in [5, 5.41) is 15.6. The molecule has 0 fully saturated rings. The zero-order valence-electron chi connectivity index (χ0n) is 24.8. The van der Waals surface area contributed by atoms with E-state index in [4.69, 9.17) is 14.2 Å². The van der Waals surface area contributed by atoms with Gasteiger partial charge in [-0.3, -0.25) is 0 Å². The molecule has 4 aromatic carbocycles. The molecule has 0 saturated heterocycles. The van der Waals surface area contributed by atoms with Gasteiger partial charge in [0, 0.05) is 19.6 Å². The third-order valence-corrected chi connectivity index (χ3v) is 7.15. The van der Waals surface area contributed by atoms with Crippen LogP contribution >= 0.6 is 0 Å². The molecule has 44 heavy (non-hydrogen) atoms. The van der Waals surface area contributed by atoms with Crippen molar-refractivity contribution in [2.75, 3.05) is 20.8 Å². The van der Waals surface area contributed by atoms with Gasteiger partial charge in [0.15, 0.2) is 0 Å². The van der Waals surface area contributed by atoms with E-state index in [1.165, 1.54) is 6.07 Å². The minimum Gasteiger partial charge on any atom is -0.489 e. The van der Waals surface area contributed by atoms with E-state index in [0.29, 0.717) is 29.9 Å². The second-order valence-corrected chi connectivity index (χ2v) is 10.3. The number of hydrogen-bond donors (Lipinski definition) is 3. The Balaban J connectivity index is 1.59. The summed E-state index contributed by atoms with van der Waals surface area (Å²) in [6, 6.07) is 27.7. The standard InChI is InChI=1S/C35H37FN2O6/c1-37-30(23-42-2)19-28-17-26(13-15-31(28)36)27-14-16-33(43-21-24-9-5-3-6-10-24)29(18-27)20-32(34(39)40)38-35(41)44-22-25-11-7-4-8-12-25/h3-18,30,32,37H,19-23H2,1-2H3,(H,38,41)(H,39,40)/t30-,32-/m0/s1. The van der Waals surface area contributed by atoms with Crippen molar-refractivity contribution in [1.82, 2.24) is 10.6 Å². The van der Waals surface area contributed by atoms with Gasteiger partial charge in [-0.2, -0.15) is 0 Å². The van der Waals surface area contributed by atoms with E-state index >= 15 is 0 Å². The normalized spacial score (nSPS) is 12.2. The fourth-order valence-corrected chi connectivity index (χ4v) is 4.74. The van der Waals surface area contributed by atoms with Crippen molar-refractivity contribution in [3.63, 3.8) is 0 Å². The summed E-state index contributed by atoms with van der Waals surface area (Å²) >= 11 is 0. The van der Waals surface area contributed by atoms with Crippen molar-refractivity contribution in [2.24, 2.45) is 0 Å². The van der Waals surface area contributed by atoms with Crippen molar-refractivity contribution in [3.05, 3.63) is 125 Å². The largest absolute Gasteiger partial charge is 0.489 e. The molecule has 0 aliphatic heterocycles. The van der Waals surface area contributed by atoms with Gasteiger partial charge in [0.2, 0.25) is 0 Å². The minimum atomic E-state index is -1.29.